The van der Waals surface area contributed by atoms with Gasteiger partial charge in [0.1, 0.15) is 0 Å². The van der Waals surface area contributed by atoms with E-state index in [1.807, 2.05) is 26.0 Å². The van der Waals surface area contributed by atoms with Gasteiger partial charge in [-0.1, -0.05) is 13.0 Å². The highest BCUT2D eigenvalue weighted by atomic mass is 16.5. The Labute approximate surface area is 120 Å². The third kappa shape index (κ3) is 3.77. The number of nitrogens with one attached hydrogen (secondary N) is 1. The molecule has 20 heavy (non-hydrogen) atoms. The van der Waals surface area contributed by atoms with Crippen LogP contribution in [0.15, 0.2) is 12.1 Å². The largest absolute Gasteiger partial charge is 0.493 e. The molecule has 0 aliphatic carbocycles. The van der Waals surface area contributed by atoms with Crippen LogP contribution in [0.2, 0.25) is 0 Å². The van der Waals surface area contributed by atoms with E-state index in [4.69, 9.17) is 19.3 Å². The summed E-state index contributed by atoms with van der Waals surface area (Å²) in [5, 5.41) is 12.5. The highest BCUT2D eigenvalue weighted by Gasteiger charge is 2.17. The van der Waals surface area contributed by atoms with Gasteiger partial charge in [0, 0.05) is 24.8 Å². The molecule has 2 atom stereocenters. The lowest BCUT2D eigenvalue weighted by molar-refractivity contribution is 0.206. The Hall–Kier alpha value is -1.46. The van der Waals surface area contributed by atoms with Crippen LogP contribution in [0.3, 0.4) is 0 Å². The van der Waals surface area contributed by atoms with Crippen molar-refractivity contribution in [3.8, 4) is 17.2 Å². The molecule has 5 heteroatoms. The van der Waals surface area contributed by atoms with Crippen LogP contribution >= 0.6 is 0 Å². The quantitative estimate of drug-likeness (QED) is 0.762. The lowest BCUT2D eigenvalue weighted by Gasteiger charge is -2.21. The Morgan fingerprint density at radius 2 is 1.70 bits per heavy atom. The van der Waals surface area contributed by atoms with Crippen LogP contribution in [0, 0.1) is 5.92 Å². The number of hydrogen-bond acceptors (Lipinski definition) is 5. The van der Waals surface area contributed by atoms with E-state index in [0.29, 0.717) is 23.8 Å². The van der Waals surface area contributed by atoms with Crippen LogP contribution < -0.4 is 19.5 Å². The van der Waals surface area contributed by atoms with E-state index in [-0.39, 0.29) is 18.6 Å². The van der Waals surface area contributed by atoms with Crippen LogP contribution in [0.25, 0.3) is 0 Å². The summed E-state index contributed by atoms with van der Waals surface area (Å²) in [6.07, 6.45) is 0. The van der Waals surface area contributed by atoms with Crippen molar-refractivity contribution < 1.29 is 19.3 Å². The maximum Gasteiger partial charge on any atom is 0.203 e. The zero-order chi connectivity index (χ0) is 15.1. The number of methoxy groups -OCH3 is 3. The molecule has 1 aromatic carbocycles. The van der Waals surface area contributed by atoms with Crippen molar-refractivity contribution in [3.05, 3.63) is 17.7 Å². The molecule has 0 saturated heterocycles. The number of aliphatic hydroxyl groups excluding tert-OH is 1. The second-order valence-corrected chi connectivity index (χ2v) is 4.82. The van der Waals surface area contributed by atoms with Gasteiger partial charge in [-0.3, -0.25) is 0 Å². The SMILES string of the molecule is COc1ccc(CNC(C)C(C)CO)c(OC)c1OC. The first-order valence-electron chi connectivity index (χ1n) is 6.71. The van der Waals surface area contributed by atoms with E-state index in [1.165, 1.54) is 0 Å². The Kier molecular flexibility index (Phi) is 6.61. The second-order valence-electron chi connectivity index (χ2n) is 4.82. The standard InChI is InChI=1S/C15H25NO4/c1-10(9-17)11(2)16-8-12-6-7-13(18-3)15(20-5)14(12)19-4/h6-7,10-11,16-17H,8-9H2,1-5H3. The molecule has 0 aliphatic heterocycles. The minimum atomic E-state index is 0.164. The van der Waals surface area contributed by atoms with Gasteiger partial charge in [0.15, 0.2) is 11.5 Å². The average Bonchev–Trinajstić information content (AvgIpc) is 2.50. The highest BCUT2D eigenvalue weighted by Crippen LogP contribution is 2.39. The normalized spacial score (nSPS) is 13.7. The summed E-state index contributed by atoms with van der Waals surface area (Å²) in [6, 6.07) is 4.01. The molecule has 1 rings (SSSR count). The molecule has 0 bridgehead atoms. The highest BCUT2D eigenvalue weighted by molar-refractivity contribution is 5.55. The van der Waals surface area contributed by atoms with Crippen molar-refractivity contribution in [2.75, 3.05) is 27.9 Å². The molecule has 0 radical (unpaired) electrons. The molecule has 2 N–H and O–H groups in total. The summed E-state index contributed by atoms with van der Waals surface area (Å²) >= 11 is 0. The maximum atomic E-state index is 9.15. The molecule has 0 heterocycles. The maximum absolute atomic E-state index is 9.15. The molecule has 0 fully saturated rings. The van der Waals surface area contributed by atoms with E-state index in [9.17, 15) is 0 Å². The van der Waals surface area contributed by atoms with Crippen molar-refractivity contribution in [3.63, 3.8) is 0 Å². The first-order chi connectivity index (χ1) is 9.58. The van der Waals surface area contributed by atoms with Gasteiger partial charge in [0.2, 0.25) is 5.75 Å². The van der Waals surface area contributed by atoms with Gasteiger partial charge >= 0.3 is 0 Å². The Morgan fingerprint density at radius 1 is 1.05 bits per heavy atom. The summed E-state index contributed by atoms with van der Waals surface area (Å²) in [7, 11) is 4.80. The van der Waals surface area contributed by atoms with E-state index >= 15 is 0 Å². The number of ether oxygens (including phenoxy) is 3. The molecule has 2 unspecified atom stereocenters. The first-order valence-corrected chi connectivity index (χ1v) is 6.71. The van der Waals surface area contributed by atoms with Crippen LogP contribution in [0.1, 0.15) is 19.4 Å². The average molecular weight is 283 g/mol. The predicted octanol–water partition coefficient (Wildman–Crippen LogP) is 1.82. The van der Waals surface area contributed by atoms with Gasteiger partial charge in [-0.05, 0) is 18.9 Å². The van der Waals surface area contributed by atoms with Gasteiger partial charge in [-0.15, -0.1) is 0 Å². The monoisotopic (exact) mass is 283 g/mol. The van der Waals surface area contributed by atoms with E-state index in [2.05, 4.69) is 5.32 Å². The number of hydrogen-bond donors (Lipinski definition) is 2. The number of aliphatic hydroxyl groups is 1. The van der Waals surface area contributed by atoms with E-state index < -0.39 is 0 Å². The molecule has 0 amide bonds. The molecule has 1 aromatic rings. The zero-order valence-corrected chi connectivity index (χ0v) is 12.9. The van der Waals surface area contributed by atoms with Crippen LogP contribution in [0.5, 0.6) is 17.2 Å². The van der Waals surface area contributed by atoms with Crippen molar-refractivity contribution in [1.82, 2.24) is 5.32 Å². The summed E-state index contributed by atoms with van der Waals surface area (Å²) in [5.41, 5.74) is 0.988. The van der Waals surface area contributed by atoms with Gasteiger partial charge in [-0.2, -0.15) is 0 Å². The summed E-state index contributed by atoms with van der Waals surface area (Å²) in [4.78, 5) is 0. The molecule has 114 valence electrons. The molecule has 0 spiro atoms. The minimum Gasteiger partial charge on any atom is -0.493 e. The smallest absolute Gasteiger partial charge is 0.203 e. The van der Waals surface area contributed by atoms with Crippen molar-refractivity contribution in [2.24, 2.45) is 5.92 Å². The third-order valence-electron chi connectivity index (χ3n) is 3.54. The fraction of sp³-hybridized carbons (Fsp3) is 0.600. The van der Waals surface area contributed by atoms with Crippen LogP contribution in [-0.2, 0) is 6.54 Å². The van der Waals surface area contributed by atoms with Crippen molar-refractivity contribution in [1.29, 1.82) is 0 Å². The fourth-order valence-electron chi connectivity index (χ4n) is 1.93. The molecule has 0 aliphatic rings. The molecular weight excluding hydrogens is 258 g/mol. The van der Waals surface area contributed by atoms with Gasteiger partial charge in [-0.25, -0.2) is 0 Å². The number of rotatable bonds is 8. The summed E-state index contributed by atoms with van der Waals surface area (Å²) in [6.45, 7) is 4.85. The molecule has 5 nitrogen and oxygen atoms in total. The Morgan fingerprint density at radius 3 is 2.20 bits per heavy atom. The minimum absolute atomic E-state index is 0.164. The third-order valence-corrected chi connectivity index (χ3v) is 3.54. The zero-order valence-electron chi connectivity index (χ0n) is 12.9. The molecule has 0 aromatic heterocycles. The van der Waals surface area contributed by atoms with Gasteiger partial charge in [0.05, 0.1) is 21.3 Å². The van der Waals surface area contributed by atoms with E-state index in [0.717, 1.165) is 5.56 Å². The number of benzene rings is 1. The second kappa shape index (κ2) is 7.97. The van der Waals surface area contributed by atoms with Gasteiger partial charge in [0.25, 0.3) is 0 Å². The summed E-state index contributed by atoms with van der Waals surface area (Å²) < 4.78 is 16.0. The lowest BCUT2D eigenvalue weighted by Crippen LogP contribution is -2.33. The Balaban J connectivity index is 2.90. The summed E-state index contributed by atoms with van der Waals surface area (Å²) in [5.74, 6) is 2.10. The van der Waals surface area contributed by atoms with Crippen LogP contribution in [0.4, 0.5) is 0 Å². The molecule has 0 saturated carbocycles. The topological polar surface area (TPSA) is 60.0 Å². The molecular formula is C15H25NO4. The first kappa shape index (κ1) is 16.6. The fourth-order valence-corrected chi connectivity index (χ4v) is 1.93. The Bertz CT molecular complexity index is 423. The van der Waals surface area contributed by atoms with Crippen LogP contribution in [-0.4, -0.2) is 39.1 Å². The lowest BCUT2D eigenvalue weighted by atomic mass is 10.0. The van der Waals surface area contributed by atoms with E-state index in [1.54, 1.807) is 21.3 Å². The van der Waals surface area contributed by atoms with Crippen molar-refractivity contribution >= 4 is 0 Å². The predicted molar refractivity (Wildman–Crippen MR) is 78.6 cm³/mol. The van der Waals surface area contributed by atoms with Gasteiger partial charge < -0.3 is 24.6 Å². The van der Waals surface area contributed by atoms with Crippen molar-refractivity contribution in [2.45, 2.75) is 26.4 Å².